The Labute approximate surface area is 144 Å². The van der Waals surface area contributed by atoms with Gasteiger partial charge in [0.25, 0.3) is 5.69 Å². The first kappa shape index (κ1) is 17.2. The number of fused-ring (bicyclic) bond motifs is 1. The molecule has 132 valence electrons. The van der Waals surface area contributed by atoms with E-state index in [0.29, 0.717) is 30.3 Å². The summed E-state index contributed by atoms with van der Waals surface area (Å²) in [4.78, 5) is 10.4. The Balaban J connectivity index is 1.84. The molecule has 0 radical (unpaired) electrons. The van der Waals surface area contributed by atoms with Crippen molar-refractivity contribution >= 4 is 15.7 Å². The molecule has 0 aromatic heterocycles. The van der Waals surface area contributed by atoms with Crippen LogP contribution in [0.25, 0.3) is 0 Å². The molecule has 9 heteroatoms. The van der Waals surface area contributed by atoms with Crippen LogP contribution >= 0.6 is 0 Å². The van der Waals surface area contributed by atoms with E-state index >= 15 is 0 Å². The fourth-order valence-electron chi connectivity index (χ4n) is 2.47. The molecule has 3 rings (SSSR count). The first-order valence-corrected chi connectivity index (χ1v) is 8.91. The molecule has 2 aromatic carbocycles. The molecule has 1 aliphatic heterocycles. The highest BCUT2D eigenvalue weighted by Crippen LogP contribution is 2.33. The van der Waals surface area contributed by atoms with Gasteiger partial charge in [-0.3, -0.25) is 10.1 Å². The van der Waals surface area contributed by atoms with Gasteiger partial charge in [0.05, 0.1) is 9.82 Å². The molecule has 0 bridgehead atoms. The average molecular weight is 364 g/mol. The van der Waals surface area contributed by atoms with E-state index in [4.69, 9.17) is 9.47 Å². The van der Waals surface area contributed by atoms with Crippen LogP contribution in [0.15, 0.2) is 47.4 Å². The lowest BCUT2D eigenvalue weighted by molar-refractivity contribution is -0.384. The Hall–Kier alpha value is -2.65. The zero-order valence-electron chi connectivity index (χ0n) is 13.4. The Bertz CT molecular complexity index is 913. The summed E-state index contributed by atoms with van der Waals surface area (Å²) in [5, 5.41) is 10.8. The van der Waals surface area contributed by atoms with E-state index in [1.807, 2.05) is 0 Å². The molecule has 25 heavy (non-hydrogen) atoms. The molecule has 1 aliphatic rings. The van der Waals surface area contributed by atoms with E-state index in [0.717, 1.165) is 4.31 Å². The minimum Gasteiger partial charge on any atom is -0.486 e. The van der Waals surface area contributed by atoms with Crippen LogP contribution in [-0.2, 0) is 16.6 Å². The van der Waals surface area contributed by atoms with Crippen molar-refractivity contribution in [2.45, 2.75) is 11.4 Å². The van der Waals surface area contributed by atoms with Crippen LogP contribution in [0, 0.1) is 10.1 Å². The van der Waals surface area contributed by atoms with Gasteiger partial charge < -0.3 is 9.47 Å². The zero-order valence-corrected chi connectivity index (χ0v) is 14.2. The molecule has 0 saturated heterocycles. The van der Waals surface area contributed by atoms with Gasteiger partial charge in [-0.15, -0.1) is 0 Å². The van der Waals surface area contributed by atoms with Gasteiger partial charge in [-0.25, -0.2) is 8.42 Å². The topological polar surface area (TPSA) is 99.0 Å². The predicted octanol–water partition coefficient (Wildman–Crippen LogP) is 2.19. The number of ether oxygens (including phenoxy) is 2. The Morgan fingerprint density at radius 2 is 1.84 bits per heavy atom. The number of nitro groups is 1. The summed E-state index contributed by atoms with van der Waals surface area (Å²) in [6, 6.07) is 10.3. The third-order valence-corrected chi connectivity index (χ3v) is 5.55. The van der Waals surface area contributed by atoms with Gasteiger partial charge >= 0.3 is 0 Å². The smallest absolute Gasteiger partial charge is 0.269 e. The second-order valence-electron chi connectivity index (χ2n) is 5.49. The molecule has 0 saturated carbocycles. The van der Waals surface area contributed by atoms with Gasteiger partial charge in [0.15, 0.2) is 11.5 Å². The number of rotatable bonds is 5. The summed E-state index contributed by atoms with van der Waals surface area (Å²) in [5.41, 5.74) is 0.445. The number of hydrogen-bond donors (Lipinski definition) is 0. The quantitative estimate of drug-likeness (QED) is 0.596. The van der Waals surface area contributed by atoms with Gasteiger partial charge in [-0.1, -0.05) is 12.1 Å². The van der Waals surface area contributed by atoms with Crippen molar-refractivity contribution in [1.29, 1.82) is 0 Å². The van der Waals surface area contributed by atoms with Crippen LogP contribution in [0.3, 0.4) is 0 Å². The summed E-state index contributed by atoms with van der Waals surface area (Å²) in [7, 11) is -2.35. The second-order valence-corrected chi connectivity index (χ2v) is 7.54. The van der Waals surface area contributed by atoms with Gasteiger partial charge in [-0.2, -0.15) is 4.31 Å². The van der Waals surface area contributed by atoms with Crippen molar-refractivity contribution < 1.29 is 22.8 Å². The minimum absolute atomic E-state index is 0.0124. The second kappa shape index (κ2) is 6.69. The average Bonchev–Trinajstić information content (AvgIpc) is 2.61. The van der Waals surface area contributed by atoms with Gasteiger partial charge in [0.2, 0.25) is 10.0 Å². The molecular formula is C16H16N2O6S. The predicted molar refractivity (Wildman–Crippen MR) is 89.2 cm³/mol. The highest BCUT2D eigenvalue weighted by molar-refractivity contribution is 7.89. The molecule has 0 atom stereocenters. The van der Waals surface area contributed by atoms with E-state index in [2.05, 4.69) is 0 Å². The highest BCUT2D eigenvalue weighted by Gasteiger charge is 2.24. The van der Waals surface area contributed by atoms with Crippen LogP contribution < -0.4 is 9.47 Å². The van der Waals surface area contributed by atoms with Crippen LogP contribution in [-0.4, -0.2) is 37.9 Å². The van der Waals surface area contributed by atoms with Crippen molar-refractivity contribution in [3.05, 3.63) is 58.1 Å². The van der Waals surface area contributed by atoms with Crippen molar-refractivity contribution in [1.82, 2.24) is 4.31 Å². The van der Waals surface area contributed by atoms with E-state index < -0.39 is 14.9 Å². The first-order chi connectivity index (χ1) is 11.9. The molecule has 0 aliphatic carbocycles. The number of nitro benzene ring substituents is 1. The summed E-state index contributed by atoms with van der Waals surface area (Å²) < 4.78 is 37.4. The Morgan fingerprint density at radius 1 is 1.12 bits per heavy atom. The number of benzene rings is 2. The molecule has 0 N–H and O–H groups in total. The Morgan fingerprint density at radius 3 is 2.56 bits per heavy atom. The monoisotopic (exact) mass is 364 g/mol. The van der Waals surface area contributed by atoms with Crippen LogP contribution in [0.1, 0.15) is 5.56 Å². The largest absolute Gasteiger partial charge is 0.486 e. The molecular weight excluding hydrogens is 348 g/mol. The number of hydrogen-bond acceptors (Lipinski definition) is 6. The SMILES string of the molecule is CN(Cc1cccc([N+](=O)[O-])c1)S(=O)(=O)c1ccc2c(c1)OCCO2. The fourth-order valence-corrected chi connectivity index (χ4v) is 3.65. The Kier molecular flexibility index (Phi) is 4.60. The summed E-state index contributed by atoms with van der Waals surface area (Å²) in [6.07, 6.45) is 0. The maximum atomic E-state index is 12.7. The first-order valence-electron chi connectivity index (χ1n) is 7.47. The highest BCUT2D eigenvalue weighted by atomic mass is 32.2. The van der Waals surface area contributed by atoms with Crippen LogP contribution in [0.5, 0.6) is 11.5 Å². The number of nitrogens with zero attached hydrogens (tertiary/aromatic N) is 2. The van der Waals surface area contributed by atoms with Crippen LogP contribution in [0.2, 0.25) is 0 Å². The lowest BCUT2D eigenvalue weighted by atomic mass is 10.2. The minimum atomic E-state index is -3.78. The molecule has 0 fully saturated rings. The summed E-state index contributed by atoms with van der Waals surface area (Å²) >= 11 is 0. The van der Waals surface area contributed by atoms with E-state index in [-0.39, 0.29) is 17.1 Å². The van der Waals surface area contributed by atoms with Crippen molar-refractivity contribution in [3.63, 3.8) is 0 Å². The summed E-state index contributed by atoms with van der Waals surface area (Å²) in [6.45, 7) is 0.796. The lowest BCUT2D eigenvalue weighted by Gasteiger charge is -2.21. The molecule has 2 aromatic rings. The molecule has 8 nitrogen and oxygen atoms in total. The number of non-ortho nitro benzene ring substituents is 1. The molecule has 0 amide bonds. The molecule has 1 heterocycles. The third kappa shape index (κ3) is 3.57. The van der Waals surface area contributed by atoms with E-state index in [1.165, 1.54) is 37.4 Å². The lowest BCUT2D eigenvalue weighted by Crippen LogP contribution is -2.26. The maximum absolute atomic E-state index is 12.7. The summed E-state index contributed by atoms with van der Waals surface area (Å²) in [5.74, 6) is 0.891. The zero-order chi connectivity index (χ0) is 18.0. The van der Waals surface area contributed by atoms with Gasteiger partial charge in [-0.05, 0) is 17.7 Å². The van der Waals surface area contributed by atoms with Crippen molar-refractivity contribution in [2.75, 3.05) is 20.3 Å². The maximum Gasteiger partial charge on any atom is 0.269 e. The fraction of sp³-hybridized carbons (Fsp3) is 0.250. The normalized spacial score (nSPS) is 13.7. The standard InChI is InChI=1S/C16H16N2O6S/c1-17(11-12-3-2-4-13(9-12)18(19)20)25(21,22)14-5-6-15-16(10-14)24-8-7-23-15/h2-6,9-10H,7-8,11H2,1H3. The third-order valence-electron chi connectivity index (χ3n) is 3.75. The van der Waals surface area contributed by atoms with Gasteiger partial charge in [0.1, 0.15) is 13.2 Å². The number of sulfonamides is 1. The molecule has 0 spiro atoms. The van der Waals surface area contributed by atoms with Gasteiger partial charge in [0, 0.05) is 31.8 Å². The van der Waals surface area contributed by atoms with E-state index in [1.54, 1.807) is 12.1 Å². The van der Waals surface area contributed by atoms with Crippen molar-refractivity contribution in [2.24, 2.45) is 0 Å². The van der Waals surface area contributed by atoms with E-state index in [9.17, 15) is 18.5 Å². The van der Waals surface area contributed by atoms with Crippen molar-refractivity contribution in [3.8, 4) is 11.5 Å². The van der Waals surface area contributed by atoms with Crippen LogP contribution in [0.4, 0.5) is 5.69 Å². The molecule has 0 unspecified atom stereocenters.